The van der Waals surface area contributed by atoms with E-state index in [0.29, 0.717) is 19.4 Å². The molecule has 0 aromatic rings. The van der Waals surface area contributed by atoms with Crippen molar-refractivity contribution in [2.75, 3.05) is 19.7 Å². The Morgan fingerprint density at radius 1 is 1.58 bits per heavy atom. The van der Waals surface area contributed by atoms with Gasteiger partial charge in [0.15, 0.2) is 0 Å². The Morgan fingerprint density at radius 3 is 3.00 bits per heavy atom. The van der Waals surface area contributed by atoms with Gasteiger partial charge in [-0.05, 0) is 13.0 Å². The normalized spacial score (nSPS) is 41.8. The van der Waals surface area contributed by atoms with Gasteiger partial charge in [-0.1, -0.05) is 0 Å². The molecule has 2 fully saturated rings. The summed E-state index contributed by atoms with van der Waals surface area (Å²) in [6, 6.07) is 0. The number of alkyl halides is 1. The summed E-state index contributed by atoms with van der Waals surface area (Å²) in [5.41, 5.74) is -0.800. The maximum atomic E-state index is 13.4. The van der Waals surface area contributed by atoms with E-state index >= 15 is 0 Å². The highest BCUT2D eigenvalue weighted by Crippen LogP contribution is 2.40. The highest BCUT2D eigenvalue weighted by Gasteiger charge is 2.52. The first-order valence-corrected chi connectivity index (χ1v) is 4.28. The smallest absolute Gasteiger partial charge is 0.315 e. The van der Waals surface area contributed by atoms with Crippen LogP contribution >= 0.6 is 0 Å². The lowest BCUT2D eigenvalue weighted by atomic mass is 9.76. The molecule has 0 amide bonds. The number of hydrogen-bond acceptors (Lipinski definition) is 3. The standard InChI is InChI=1S/C8H12FNO2/c9-6-5-10-3-1-8(6)2-4-12-7(8)11/h6,10H,1-5H2. The summed E-state index contributed by atoms with van der Waals surface area (Å²) in [5.74, 6) is -0.337. The fraction of sp³-hybridized carbons (Fsp3) is 0.875. The van der Waals surface area contributed by atoms with E-state index in [0.717, 1.165) is 6.54 Å². The van der Waals surface area contributed by atoms with Gasteiger partial charge in [-0.2, -0.15) is 0 Å². The van der Waals surface area contributed by atoms with Crippen molar-refractivity contribution in [3.05, 3.63) is 0 Å². The minimum atomic E-state index is -1.07. The molecule has 68 valence electrons. The van der Waals surface area contributed by atoms with E-state index in [1.807, 2.05) is 0 Å². The largest absolute Gasteiger partial charge is 0.465 e. The van der Waals surface area contributed by atoms with Crippen LogP contribution in [0.3, 0.4) is 0 Å². The Hall–Kier alpha value is -0.640. The van der Waals surface area contributed by atoms with E-state index in [4.69, 9.17) is 4.74 Å². The Labute approximate surface area is 70.3 Å². The monoisotopic (exact) mass is 173 g/mol. The third-order valence-electron chi connectivity index (χ3n) is 2.86. The number of rotatable bonds is 0. The van der Waals surface area contributed by atoms with Gasteiger partial charge in [-0.15, -0.1) is 0 Å². The number of nitrogens with one attached hydrogen (secondary N) is 1. The fourth-order valence-corrected chi connectivity index (χ4v) is 1.98. The molecule has 1 spiro atoms. The summed E-state index contributed by atoms with van der Waals surface area (Å²) in [6.45, 7) is 1.39. The van der Waals surface area contributed by atoms with Crippen molar-refractivity contribution in [1.29, 1.82) is 0 Å². The molecule has 4 heteroatoms. The van der Waals surface area contributed by atoms with Gasteiger partial charge in [0.05, 0.1) is 6.61 Å². The van der Waals surface area contributed by atoms with Gasteiger partial charge < -0.3 is 10.1 Å². The number of piperidine rings is 1. The highest BCUT2D eigenvalue weighted by atomic mass is 19.1. The van der Waals surface area contributed by atoms with Crippen LogP contribution in [0.5, 0.6) is 0 Å². The average molecular weight is 173 g/mol. The molecule has 2 saturated heterocycles. The molecular weight excluding hydrogens is 161 g/mol. The van der Waals surface area contributed by atoms with Gasteiger partial charge in [-0.25, -0.2) is 4.39 Å². The molecule has 2 atom stereocenters. The zero-order chi connectivity index (χ0) is 8.60. The lowest BCUT2D eigenvalue weighted by Gasteiger charge is -2.32. The van der Waals surface area contributed by atoms with Crippen LogP contribution in [0.15, 0.2) is 0 Å². The first kappa shape index (κ1) is 7.98. The molecule has 0 saturated carbocycles. The lowest BCUT2D eigenvalue weighted by Crippen LogP contribution is -2.49. The number of cyclic esters (lactones) is 1. The van der Waals surface area contributed by atoms with Gasteiger partial charge >= 0.3 is 5.97 Å². The molecule has 3 nitrogen and oxygen atoms in total. The number of carbonyl (C=O) groups is 1. The summed E-state index contributed by atoms with van der Waals surface area (Å²) in [4.78, 5) is 11.3. The molecule has 0 radical (unpaired) electrons. The van der Waals surface area contributed by atoms with E-state index in [2.05, 4.69) is 5.32 Å². The van der Waals surface area contributed by atoms with E-state index in [-0.39, 0.29) is 12.5 Å². The Balaban J connectivity index is 2.21. The second-order valence-electron chi connectivity index (χ2n) is 3.46. The summed E-state index contributed by atoms with van der Waals surface area (Å²) < 4.78 is 18.2. The van der Waals surface area contributed by atoms with Crippen LogP contribution in [0.4, 0.5) is 4.39 Å². The van der Waals surface area contributed by atoms with Gasteiger partial charge in [0.25, 0.3) is 0 Å². The van der Waals surface area contributed by atoms with Crippen LogP contribution in [0, 0.1) is 5.41 Å². The number of carbonyl (C=O) groups excluding carboxylic acids is 1. The number of esters is 1. The molecule has 12 heavy (non-hydrogen) atoms. The van der Waals surface area contributed by atoms with Crippen LogP contribution in [0.25, 0.3) is 0 Å². The van der Waals surface area contributed by atoms with Gasteiger partial charge in [0.1, 0.15) is 11.6 Å². The van der Waals surface area contributed by atoms with Crippen LogP contribution in [-0.2, 0) is 9.53 Å². The van der Waals surface area contributed by atoms with Crippen LogP contribution in [0.2, 0.25) is 0 Å². The maximum absolute atomic E-state index is 13.4. The van der Waals surface area contributed by atoms with E-state index < -0.39 is 11.6 Å². The Kier molecular flexibility index (Phi) is 1.79. The van der Waals surface area contributed by atoms with Gasteiger partial charge in [0, 0.05) is 13.0 Å². The molecule has 2 aliphatic heterocycles. The van der Waals surface area contributed by atoms with E-state index in [9.17, 15) is 9.18 Å². The minimum Gasteiger partial charge on any atom is -0.465 e. The predicted octanol–water partition coefficient (Wildman–Crippen LogP) is 0.251. The molecule has 2 heterocycles. The average Bonchev–Trinajstić information content (AvgIpc) is 2.41. The molecule has 0 aromatic heterocycles. The summed E-state index contributed by atoms with van der Waals surface area (Å²) in [5, 5.41) is 2.92. The predicted molar refractivity (Wildman–Crippen MR) is 40.4 cm³/mol. The second-order valence-corrected chi connectivity index (χ2v) is 3.46. The Bertz CT molecular complexity index is 209. The van der Waals surface area contributed by atoms with E-state index in [1.165, 1.54) is 0 Å². The number of halogens is 1. The first-order chi connectivity index (χ1) is 5.76. The SMILES string of the molecule is O=C1OCCC12CCNCC2F. The highest BCUT2D eigenvalue weighted by molar-refractivity contribution is 5.79. The zero-order valence-electron chi connectivity index (χ0n) is 6.81. The summed E-state index contributed by atoms with van der Waals surface area (Å²) in [6.07, 6.45) is 0.0584. The van der Waals surface area contributed by atoms with Crippen molar-refractivity contribution in [3.63, 3.8) is 0 Å². The molecule has 1 N–H and O–H groups in total. The number of hydrogen-bond donors (Lipinski definition) is 1. The summed E-state index contributed by atoms with van der Waals surface area (Å²) >= 11 is 0. The number of ether oxygens (including phenoxy) is 1. The molecule has 0 aromatic carbocycles. The van der Waals surface area contributed by atoms with Gasteiger partial charge in [0.2, 0.25) is 0 Å². The third kappa shape index (κ3) is 0.941. The third-order valence-corrected chi connectivity index (χ3v) is 2.86. The second kappa shape index (κ2) is 2.69. The molecular formula is C8H12FNO2. The van der Waals surface area contributed by atoms with Crippen molar-refractivity contribution in [3.8, 4) is 0 Å². The van der Waals surface area contributed by atoms with Crippen LogP contribution < -0.4 is 5.32 Å². The minimum absolute atomic E-state index is 0.287. The zero-order valence-corrected chi connectivity index (χ0v) is 6.81. The molecule has 0 aliphatic carbocycles. The van der Waals surface area contributed by atoms with E-state index in [1.54, 1.807) is 0 Å². The fourth-order valence-electron chi connectivity index (χ4n) is 1.98. The Morgan fingerprint density at radius 2 is 2.42 bits per heavy atom. The first-order valence-electron chi connectivity index (χ1n) is 4.28. The molecule has 0 bridgehead atoms. The maximum Gasteiger partial charge on any atom is 0.315 e. The lowest BCUT2D eigenvalue weighted by molar-refractivity contribution is -0.150. The van der Waals surface area contributed by atoms with Crippen molar-refractivity contribution in [2.45, 2.75) is 19.0 Å². The van der Waals surface area contributed by atoms with Crippen LogP contribution in [0.1, 0.15) is 12.8 Å². The van der Waals surface area contributed by atoms with Crippen molar-refractivity contribution in [2.24, 2.45) is 5.41 Å². The molecule has 2 unspecified atom stereocenters. The van der Waals surface area contributed by atoms with Crippen LogP contribution in [-0.4, -0.2) is 31.8 Å². The topological polar surface area (TPSA) is 38.3 Å². The van der Waals surface area contributed by atoms with Crippen molar-refractivity contribution < 1.29 is 13.9 Å². The van der Waals surface area contributed by atoms with Crippen molar-refractivity contribution >= 4 is 5.97 Å². The molecule has 2 rings (SSSR count). The van der Waals surface area contributed by atoms with Gasteiger partial charge in [-0.3, -0.25) is 4.79 Å². The summed E-state index contributed by atoms with van der Waals surface area (Å²) in [7, 11) is 0. The van der Waals surface area contributed by atoms with Crippen molar-refractivity contribution in [1.82, 2.24) is 5.32 Å². The molecule has 2 aliphatic rings. The quantitative estimate of drug-likeness (QED) is 0.534.